The Morgan fingerprint density at radius 1 is 1.04 bits per heavy atom. The molecule has 1 N–H and O–H groups in total. The molecule has 2 rings (SSSR count). The third-order valence-electron chi connectivity index (χ3n) is 3.80. The van der Waals surface area contributed by atoms with Gasteiger partial charge in [0.25, 0.3) is 5.91 Å². The summed E-state index contributed by atoms with van der Waals surface area (Å²) in [5.74, 6) is -0.0790. The van der Waals surface area contributed by atoms with Crippen LogP contribution in [0.15, 0.2) is 72.8 Å². The summed E-state index contributed by atoms with van der Waals surface area (Å²) in [6.07, 6.45) is 3.92. The summed E-state index contributed by atoms with van der Waals surface area (Å²) in [7, 11) is 0. The van der Waals surface area contributed by atoms with E-state index in [9.17, 15) is 4.79 Å². The zero-order valence-corrected chi connectivity index (χ0v) is 14.7. The van der Waals surface area contributed by atoms with Gasteiger partial charge < -0.3 is 5.32 Å². The van der Waals surface area contributed by atoms with Crippen molar-refractivity contribution in [3.8, 4) is 0 Å². The van der Waals surface area contributed by atoms with E-state index in [0.717, 1.165) is 11.1 Å². The first kappa shape index (κ1) is 17.7. The monoisotopic (exact) mass is 319 g/mol. The molecular formula is C22H25NO. The molecular weight excluding hydrogens is 294 g/mol. The second-order valence-electron chi connectivity index (χ2n) is 6.91. The number of amides is 1. The molecule has 0 spiro atoms. The number of carbonyl (C=O) groups is 1. The van der Waals surface area contributed by atoms with Crippen molar-refractivity contribution in [2.75, 3.05) is 6.54 Å². The first-order chi connectivity index (χ1) is 11.4. The lowest BCUT2D eigenvalue weighted by molar-refractivity contribution is 0.0957. The second kappa shape index (κ2) is 7.78. The molecule has 1 amide bonds. The highest BCUT2D eigenvalue weighted by Gasteiger charge is 2.14. The Morgan fingerprint density at radius 2 is 1.67 bits per heavy atom. The Bertz CT molecular complexity index is 719. The number of carbonyl (C=O) groups excluding carboxylic acids is 1. The number of rotatable bonds is 5. The normalized spacial score (nSPS) is 11.5. The number of benzene rings is 2. The van der Waals surface area contributed by atoms with E-state index in [-0.39, 0.29) is 11.3 Å². The molecule has 0 bridgehead atoms. The minimum absolute atomic E-state index is 0.0790. The van der Waals surface area contributed by atoms with Gasteiger partial charge in [-0.25, -0.2) is 0 Å². The summed E-state index contributed by atoms with van der Waals surface area (Å²) in [5.41, 5.74) is 3.95. The summed E-state index contributed by atoms with van der Waals surface area (Å²) < 4.78 is 0. The average Bonchev–Trinajstić information content (AvgIpc) is 2.58. The molecule has 0 saturated heterocycles. The van der Waals surface area contributed by atoms with E-state index < -0.39 is 0 Å². The van der Waals surface area contributed by atoms with Crippen molar-refractivity contribution in [2.24, 2.45) is 0 Å². The fourth-order valence-corrected chi connectivity index (χ4v) is 2.25. The quantitative estimate of drug-likeness (QED) is 0.773. The van der Waals surface area contributed by atoms with Crippen molar-refractivity contribution in [1.29, 1.82) is 0 Å². The van der Waals surface area contributed by atoms with Crippen molar-refractivity contribution in [1.82, 2.24) is 5.32 Å². The summed E-state index contributed by atoms with van der Waals surface area (Å²) in [4.78, 5) is 12.2. The molecule has 24 heavy (non-hydrogen) atoms. The maximum atomic E-state index is 12.2. The summed E-state index contributed by atoms with van der Waals surface area (Å²) >= 11 is 0. The van der Waals surface area contributed by atoms with Gasteiger partial charge in [-0.05, 0) is 34.2 Å². The highest BCUT2D eigenvalue weighted by Crippen LogP contribution is 2.22. The van der Waals surface area contributed by atoms with Crippen LogP contribution in [0.1, 0.15) is 42.3 Å². The molecule has 0 aliphatic carbocycles. The minimum atomic E-state index is -0.0790. The van der Waals surface area contributed by atoms with Gasteiger partial charge in [-0.1, -0.05) is 82.0 Å². The molecule has 2 aromatic rings. The number of hydrogen-bond acceptors (Lipinski definition) is 1. The topological polar surface area (TPSA) is 29.1 Å². The van der Waals surface area contributed by atoms with E-state index in [4.69, 9.17) is 0 Å². The Hall–Kier alpha value is -2.61. The van der Waals surface area contributed by atoms with Crippen LogP contribution < -0.4 is 5.32 Å². The van der Waals surface area contributed by atoms with Crippen LogP contribution in [0, 0.1) is 0 Å². The van der Waals surface area contributed by atoms with Crippen LogP contribution in [0.3, 0.4) is 0 Å². The zero-order valence-electron chi connectivity index (χ0n) is 14.7. The van der Waals surface area contributed by atoms with Gasteiger partial charge in [-0.15, -0.1) is 0 Å². The molecule has 0 aliphatic rings. The molecule has 0 aromatic heterocycles. The van der Waals surface area contributed by atoms with Crippen LogP contribution in [0.2, 0.25) is 0 Å². The van der Waals surface area contributed by atoms with E-state index >= 15 is 0 Å². The fourth-order valence-electron chi connectivity index (χ4n) is 2.25. The first-order valence-corrected chi connectivity index (χ1v) is 8.16. The van der Waals surface area contributed by atoms with E-state index in [1.807, 2.05) is 66.7 Å². The van der Waals surface area contributed by atoms with E-state index in [2.05, 4.69) is 32.7 Å². The molecule has 2 aromatic carbocycles. The van der Waals surface area contributed by atoms with Gasteiger partial charge in [-0.2, -0.15) is 0 Å². The first-order valence-electron chi connectivity index (χ1n) is 8.16. The van der Waals surface area contributed by atoms with Gasteiger partial charge in [0, 0.05) is 12.1 Å². The van der Waals surface area contributed by atoms with Gasteiger partial charge in [-0.3, -0.25) is 4.79 Å². The van der Waals surface area contributed by atoms with Crippen LogP contribution in [0.4, 0.5) is 0 Å². The third kappa shape index (κ3) is 5.24. The van der Waals surface area contributed by atoms with Gasteiger partial charge in [0.2, 0.25) is 0 Å². The van der Waals surface area contributed by atoms with Gasteiger partial charge in [0.15, 0.2) is 0 Å². The maximum absolute atomic E-state index is 12.2. The Kier molecular flexibility index (Phi) is 5.75. The molecule has 0 heterocycles. The highest BCUT2D eigenvalue weighted by molar-refractivity contribution is 5.94. The summed E-state index contributed by atoms with van der Waals surface area (Å²) in [6, 6.07) is 17.8. The van der Waals surface area contributed by atoms with Gasteiger partial charge in [0.1, 0.15) is 0 Å². The molecule has 0 aliphatic heterocycles. The van der Waals surface area contributed by atoms with Crippen LogP contribution in [-0.4, -0.2) is 12.5 Å². The predicted molar refractivity (Wildman–Crippen MR) is 102 cm³/mol. The fraction of sp³-hybridized carbons (Fsp3) is 0.227. The maximum Gasteiger partial charge on any atom is 0.251 e. The Labute approximate surface area is 144 Å². The molecule has 0 radical (unpaired) electrons. The minimum Gasteiger partial charge on any atom is -0.348 e. The highest BCUT2D eigenvalue weighted by atomic mass is 16.1. The Morgan fingerprint density at radius 3 is 2.25 bits per heavy atom. The van der Waals surface area contributed by atoms with Crippen LogP contribution in [0.25, 0.3) is 6.08 Å². The second-order valence-corrected chi connectivity index (χ2v) is 6.91. The average molecular weight is 319 g/mol. The largest absolute Gasteiger partial charge is 0.348 e. The molecule has 0 saturated carbocycles. The van der Waals surface area contributed by atoms with Crippen LogP contribution >= 0.6 is 0 Å². The standard InChI is InChI=1S/C22H25NO/c1-17(10-11-18-8-6-5-7-9-18)16-23-21(24)19-12-14-20(15-13-19)22(2,3)4/h5-15H,1,16H2,2-4H3,(H,23,24). The van der Waals surface area contributed by atoms with Gasteiger partial charge in [0.05, 0.1) is 0 Å². The lowest BCUT2D eigenvalue weighted by Gasteiger charge is -2.19. The lowest BCUT2D eigenvalue weighted by atomic mass is 9.87. The Balaban J connectivity index is 1.88. The van der Waals surface area contributed by atoms with E-state index in [1.54, 1.807) is 0 Å². The SMILES string of the molecule is C=C(C=Cc1ccccc1)CNC(=O)c1ccc(C(C)(C)C)cc1. The van der Waals surface area contributed by atoms with E-state index in [1.165, 1.54) is 5.56 Å². The summed E-state index contributed by atoms with van der Waals surface area (Å²) in [6.45, 7) is 10.9. The van der Waals surface area contributed by atoms with Crippen molar-refractivity contribution >= 4 is 12.0 Å². The molecule has 2 nitrogen and oxygen atoms in total. The molecule has 0 unspecified atom stereocenters. The van der Waals surface area contributed by atoms with Crippen LogP contribution in [0.5, 0.6) is 0 Å². The van der Waals surface area contributed by atoms with Crippen molar-refractivity contribution in [3.63, 3.8) is 0 Å². The van der Waals surface area contributed by atoms with Gasteiger partial charge >= 0.3 is 0 Å². The van der Waals surface area contributed by atoms with E-state index in [0.29, 0.717) is 12.1 Å². The van der Waals surface area contributed by atoms with Crippen LogP contribution in [-0.2, 0) is 5.41 Å². The van der Waals surface area contributed by atoms with Crippen molar-refractivity contribution in [2.45, 2.75) is 26.2 Å². The third-order valence-corrected chi connectivity index (χ3v) is 3.80. The molecule has 2 heteroatoms. The van der Waals surface area contributed by atoms with Crippen molar-refractivity contribution < 1.29 is 4.79 Å². The molecule has 0 fully saturated rings. The van der Waals surface area contributed by atoms with Crippen molar-refractivity contribution in [3.05, 3.63) is 89.5 Å². The zero-order chi connectivity index (χ0) is 17.6. The molecule has 0 atom stereocenters. The lowest BCUT2D eigenvalue weighted by Crippen LogP contribution is -2.25. The predicted octanol–water partition coefficient (Wildman–Crippen LogP) is 4.98. The summed E-state index contributed by atoms with van der Waals surface area (Å²) in [5, 5.41) is 2.90. The smallest absolute Gasteiger partial charge is 0.251 e. The number of hydrogen-bond donors (Lipinski definition) is 1. The number of nitrogens with one attached hydrogen (secondary N) is 1. The molecule has 124 valence electrons.